The highest BCUT2D eigenvalue weighted by Crippen LogP contribution is 2.65. The maximum atomic E-state index is 10.4. The van der Waals surface area contributed by atoms with Gasteiger partial charge in [0.1, 0.15) is 0 Å². The van der Waals surface area contributed by atoms with E-state index in [0.29, 0.717) is 17.4 Å². The van der Waals surface area contributed by atoms with Crippen molar-refractivity contribution in [3.8, 4) is 0 Å². The van der Waals surface area contributed by atoms with Crippen LogP contribution in [0.5, 0.6) is 0 Å². The van der Waals surface area contributed by atoms with Crippen molar-refractivity contribution in [3.05, 3.63) is 11.6 Å². The van der Waals surface area contributed by atoms with Crippen molar-refractivity contribution in [3.63, 3.8) is 0 Å². The summed E-state index contributed by atoms with van der Waals surface area (Å²) in [6, 6.07) is 0. The predicted molar refractivity (Wildman–Crippen MR) is 99.2 cm³/mol. The number of hydrogen-bond acceptors (Lipinski definition) is 3. The second-order valence-corrected chi connectivity index (χ2v) is 9.51. The van der Waals surface area contributed by atoms with Crippen molar-refractivity contribution in [1.29, 1.82) is 0 Å². The van der Waals surface area contributed by atoms with E-state index in [-0.39, 0.29) is 18.1 Å². The Morgan fingerprint density at radius 2 is 1.96 bits per heavy atom. The summed E-state index contributed by atoms with van der Waals surface area (Å²) in [5, 5.41) is 20.5. The Morgan fingerprint density at radius 1 is 1.12 bits per heavy atom. The first-order valence-electron chi connectivity index (χ1n) is 10.7. The van der Waals surface area contributed by atoms with Gasteiger partial charge < -0.3 is 14.9 Å². The van der Waals surface area contributed by atoms with E-state index in [2.05, 4.69) is 19.9 Å². The highest BCUT2D eigenvalue weighted by atomic mass is 16.5. The third-order valence-corrected chi connectivity index (χ3v) is 8.53. The highest BCUT2D eigenvalue weighted by Gasteiger charge is 2.60. The van der Waals surface area contributed by atoms with Crippen molar-refractivity contribution in [2.75, 3.05) is 13.2 Å². The summed E-state index contributed by atoms with van der Waals surface area (Å²) in [6.45, 7) is 5.85. The molecule has 3 saturated carbocycles. The lowest BCUT2D eigenvalue weighted by Gasteiger charge is -2.58. The van der Waals surface area contributed by atoms with Crippen LogP contribution in [0.25, 0.3) is 0 Å². The first-order chi connectivity index (χ1) is 12.0. The Bertz CT molecular complexity index is 529. The van der Waals surface area contributed by atoms with E-state index in [1.54, 1.807) is 0 Å². The zero-order valence-corrected chi connectivity index (χ0v) is 16.0. The lowest BCUT2D eigenvalue weighted by atomic mass is 9.47. The Balaban J connectivity index is 1.60. The van der Waals surface area contributed by atoms with Crippen molar-refractivity contribution in [2.45, 2.75) is 83.8 Å². The van der Waals surface area contributed by atoms with Crippen LogP contribution in [0.4, 0.5) is 0 Å². The number of ether oxygens (including phenoxy) is 1. The Kier molecular flexibility index (Phi) is 4.79. The summed E-state index contributed by atoms with van der Waals surface area (Å²) in [5.74, 6) is 2.09. The number of aliphatic hydroxyl groups excluding tert-OH is 2. The fourth-order valence-electron chi connectivity index (χ4n) is 7.29. The van der Waals surface area contributed by atoms with Gasteiger partial charge in [-0.05, 0) is 81.0 Å². The van der Waals surface area contributed by atoms with Gasteiger partial charge in [0.2, 0.25) is 0 Å². The Morgan fingerprint density at radius 3 is 2.72 bits per heavy atom. The van der Waals surface area contributed by atoms with Gasteiger partial charge in [0.05, 0.1) is 18.8 Å². The smallest absolute Gasteiger partial charge is 0.0724 e. The van der Waals surface area contributed by atoms with Crippen LogP contribution in [0.1, 0.15) is 71.6 Å². The molecule has 0 aromatic carbocycles. The van der Waals surface area contributed by atoms with E-state index in [1.165, 1.54) is 37.7 Å². The highest BCUT2D eigenvalue weighted by molar-refractivity contribution is 5.26. The quantitative estimate of drug-likeness (QED) is 0.753. The van der Waals surface area contributed by atoms with Crippen molar-refractivity contribution in [1.82, 2.24) is 0 Å². The van der Waals surface area contributed by atoms with Crippen molar-refractivity contribution >= 4 is 0 Å². The molecular weight excluding hydrogens is 312 g/mol. The van der Waals surface area contributed by atoms with E-state index in [4.69, 9.17) is 4.74 Å². The third-order valence-electron chi connectivity index (χ3n) is 8.53. The zero-order valence-electron chi connectivity index (χ0n) is 16.0. The van der Waals surface area contributed by atoms with Gasteiger partial charge in [-0.2, -0.15) is 0 Å². The summed E-state index contributed by atoms with van der Waals surface area (Å²) in [7, 11) is 0. The molecule has 4 aliphatic carbocycles. The molecule has 4 aliphatic rings. The van der Waals surface area contributed by atoms with Gasteiger partial charge in [0, 0.05) is 12.0 Å². The molecule has 0 aromatic rings. The molecule has 7 atom stereocenters. The summed E-state index contributed by atoms with van der Waals surface area (Å²) < 4.78 is 6.28. The van der Waals surface area contributed by atoms with Gasteiger partial charge in [0.15, 0.2) is 0 Å². The van der Waals surface area contributed by atoms with Crippen LogP contribution in [0.2, 0.25) is 0 Å². The van der Waals surface area contributed by atoms with Gasteiger partial charge in [-0.3, -0.25) is 0 Å². The van der Waals surface area contributed by atoms with Gasteiger partial charge in [0.25, 0.3) is 0 Å². The van der Waals surface area contributed by atoms with E-state index < -0.39 is 0 Å². The largest absolute Gasteiger partial charge is 0.395 e. The monoisotopic (exact) mass is 348 g/mol. The van der Waals surface area contributed by atoms with Gasteiger partial charge in [-0.15, -0.1) is 0 Å². The van der Waals surface area contributed by atoms with Gasteiger partial charge in [-0.1, -0.05) is 25.5 Å². The molecule has 3 fully saturated rings. The molecule has 4 rings (SSSR count). The molecule has 2 N–H and O–H groups in total. The summed E-state index contributed by atoms with van der Waals surface area (Å²) in [5.41, 5.74) is 1.67. The topological polar surface area (TPSA) is 49.7 Å². The molecule has 0 bridgehead atoms. The van der Waals surface area contributed by atoms with Gasteiger partial charge >= 0.3 is 0 Å². The normalized spacial score (nSPS) is 49.1. The number of aliphatic hydroxyl groups is 2. The van der Waals surface area contributed by atoms with Crippen LogP contribution in [-0.4, -0.2) is 35.6 Å². The number of fused-ring (bicyclic) bond motifs is 5. The van der Waals surface area contributed by atoms with E-state index >= 15 is 0 Å². The first kappa shape index (κ1) is 18.0. The second kappa shape index (κ2) is 6.65. The fourth-order valence-corrected chi connectivity index (χ4v) is 7.29. The molecule has 2 unspecified atom stereocenters. The summed E-state index contributed by atoms with van der Waals surface area (Å²) in [6.07, 6.45) is 12.4. The zero-order chi connectivity index (χ0) is 17.7. The second-order valence-electron chi connectivity index (χ2n) is 9.51. The minimum atomic E-state index is -0.293. The molecule has 0 aromatic heterocycles. The summed E-state index contributed by atoms with van der Waals surface area (Å²) >= 11 is 0. The van der Waals surface area contributed by atoms with E-state index in [0.717, 1.165) is 44.1 Å². The standard InChI is InChI=1S/C22H36O3/c1-3-12-25-20-7-6-18-17-5-4-15-13-16(24)8-11-22(15,14-23)19(17)9-10-21(18,20)2/h13,16-20,23-24H,3-12,14H2,1-2H3/t16?,17-,18-,19+,20?,21-,22+/m0/s1. The van der Waals surface area contributed by atoms with Crippen LogP contribution in [0, 0.1) is 28.6 Å². The fraction of sp³-hybridized carbons (Fsp3) is 0.909. The molecule has 0 radical (unpaired) electrons. The predicted octanol–water partition coefficient (Wildman–Crippen LogP) is 4.08. The number of rotatable bonds is 4. The molecule has 0 amide bonds. The summed E-state index contributed by atoms with van der Waals surface area (Å²) in [4.78, 5) is 0. The third kappa shape index (κ3) is 2.64. The lowest BCUT2D eigenvalue weighted by molar-refractivity contribution is -0.109. The maximum absolute atomic E-state index is 10.4. The van der Waals surface area contributed by atoms with Crippen LogP contribution < -0.4 is 0 Å². The average molecular weight is 349 g/mol. The SMILES string of the molecule is CCCOC1CC[C@H]2[C@@H]3CCC4=CC(O)CC[C@]4(CO)[C@@H]3CC[C@]12C. The van der Waals surface area contributed by atoms with Crippen molar-refractivity contribution in [2.24, 2.45) is 28.6 Å². The molecule has 0 aliphatic heterocycles. The van der Waals surface area contributed by atoms with Crippen molar-refractivity contribution < 1.29 is 14.9 Å². The van der Waals surface area contributed by atoms with Gasteiger partial charge in [-0.25, -0.2) is 0 Å². The molecule has 0 spiro atoms. The Labute approximate surface area is 152 Å². The van der Waals surface area contributed by atoms with E-state index in [9.17, 15) is 10.2 Å². The first-order valence-corrected chi connectivity index (χ1v) is 10.7. The Hall–Kier alpha value is -0.380. The van der Waals surface area contributed by atoms with E-state index in [1.807, 2.05) is 0 Å². The minimum Gasteiger partial charge on any atom is -0.395 e. The number of hydrogen-bond donors (Lipinski definition) is 2. The lowest BCUT2D eigenvalue weighted by Crippen LogP contribution is -2.54. The average Bonchev–Trinajstić information content (AvgIpc) is 2.96. The molecular formula is C22H36O3. The molecule has 0 heterocycles. The maximum Gasteiger partial charge on any atom is 0.0724 e. The van der Waals surface area contributed by atoms with Crippen LogP contribution in [0.15, 0.2) is 11.6 Å². The molecule has 25 heavy (non-hydrogen) atoms. The van der Waals surface area contributed by atoms with Crippen LogP contribution in [0.3, 0.4) is 0 Å². The van der Waals surface area contributed by atoms with Crippen LogP contribution >= 0.6 is 0 Å². The molecule has 3 nitrogen and oxygen atoms in total. The molecule has 3 heteroatoms. The molecule has 0 saturated heterocycles. The minimum absolute atomic E-state index is 0.0359. The molecule has 142 valence electrons. The van der Waals surface area contributed by atoms with Crippen LogP contribution in [-0.2, 0) is 4.74 Å².